The number of carbonyl (C=O) groups is 1. The number of hydrogen-bond donors (Lipinski definition) is 2. The molecule has 0 unspecified atom stereocenters. The van der Waals surface area contributed by atoms with Crippen molar-refractivity contribution in [3.8, 4) is 0 Å². The fourth-order valence-corrected chi connectivity index (χ4v) is 1.63. The van der Waals surface area contributed by atoms with E-state index in [0.29, 0.717) is 0 Å². The molecule has 0 heterocycles. The summed E-state index contributed by atoms with van der Waals surface area (Å²) in [7, 11) is -5.62. The van der Waals surface area contributed by atoms with Crippen LogP contribution in [0.3, 0.4) is 0 Å². The quantitative estimate of drug-likeness (QED) is 0.772. The van der Waals surface area contributed by atoms with Crippen LogP contribution in [0.15, 0.2) is 0 Å². The van der Waals surface area contributed by atoms with Crippen molar-refractivity contribution < 1.29 is 31.5 Å². The first-order valence-corrected chi connectivity index (χ1v) is 5.77. The van der Waals surface area contributed by atoms with Gasteiger partial charge < -0.3 is 5.11 Å². The number of hydrogen-bond acceptors (Lipinski definition) is 3. The van der Waals surface area contributed by atoms with Gasteiger partial charge in [0.25, 0.3) is 0 Å². The molecule has 0 aromatic rings. The standard InChI is InChI=1S/C7H12F3NO4S/c1-4(2)3-5(6(12)13)11-16(14,15)7(8,9)10/h4-5,11H,3H2,1-2H3,(H,12,13)/t5-/m0/s1. The maximum absolute atomic E-state index is 12.0. The summed E-state index contributed by atoms with van der Waals surface area (Å²) in [6.07, 6.45) is -0.218. The highest BCUT2D eigenvalue weighted by Crippen LogP contribution is 2.22. The van der Waals surface area contributed by atoms with Crippen LogP contribution in [0.4, 0.5) is 13.2 Å². The molecule has 0 aliphatic rings. The van der Waals surface area contributed by atoms with E-state index in [2.05, 4.69) is 0 Å². The maximum atomic E-state index is 12.0. The minimum Gasteiger partial charge on any atom is -0.480 e. The summed E-state index contributed by atoms with van der Waals surface area (Å²) < 4.78 is 58.3. The molecule has 9 heteroatoms. The third-order valence-electron chi connectivity index (χ3n) is 1.61. The van der Waals surface area contributed by atoms with Crippen LogP contribution in [0.1, 0.15) is 20.3 Å². The third-order valence-corrected chi connectivity index (χ3v) is 2.81. The highest BCUT2D eigenvalue weighted by molar-refractivity contribution is 7.90. The Hall–Kier alpha value is -0.830. The van der Waals surface area contributed by atoms with Crippen LogP contribution in [0, 0.1) is 5.92 Å². The van der Waals surface area contributed by atoms with Crippen LogP contribution in [0.2, 0.25) is 0 Å². The highest BCUT2D eigenvalue weighted by atomic mass is 32.2. The molecule has 0 aliphatic heterocycles. The number of carboxylic acids is 1. The maximum Gasteiger partial charge on any atom is 0.511 e. The Morgan fingerprint density at radius 2 is 1.81 bits per heavy atom. The number of halogens is 3. The lowest BCUT2D eigenvalue weighted by Gasteiger charge is -2.17. The number of alkyl halides is 3. The minimum absolute atomic E-state index is 0.218. The molecule has 0 rings (SSSR count). The van der Waals surface area contributed by atoms with Gasteiger partial charge in [0.15, 0.2) is 0 Å². The summed E-state index contributed by atoms with van der Waals surface area (Å²) in [5.41, 5.74) is -5.50. The Kier molecular flexibility index (Phi) is 4.74. The lowest BCUT2D eigenvalue weighted by Crippen LogP contribution is -2.46. The van der Waals surface area contributed by atoms with Gasteiger partial charge >= 0.3 is 21.5 Å². The highest BCUT2D eigenvalue weighted by Gasteiger charge is 2.47. The average molecular weight is 263 g/mol. The van der Waals surface area contributed by atoms with E-state index in [9.17, 15) is 26.4 Å². The van der Waals surface area contributed by atoms with Crippen molar-refractivity contribution in [1.29, 1.82) is 0 Å². The first-order valence-electron chi connectivity index (χ1n) is 4.28. The van der Waals surface area contributed by atoms with Gasteiger partial charge in [-0.2, -0.15) is 17.9 Å². The Balaban J connectivity index is 4.85. The molecule has 0 radical (unpaired) electrons. The predicted octanol–water partition coefficient (Wildman–Crippen LogP) is 0.925. The summed E-state index contributed by atoms with van der Waals surface area (Å²) in [5.74, 6) is -1.89. The second kappa shape index (κ2) is 5.00. The summed E-state index contributed by atoms with van der Waals surface area (Å²) in [4.78, 5) is 10.5. The van der Waals surface area contributed by atoms with Gasteiger partial charge in [-0.25, -0.2) is 8.42 Å². The monoisotopic (exact) mass is 263 g/mol. The SMILES string of the molecule is CC(C)C[C@H](NS(=O)(=O)C(F)(F)F)C(=O)O. The molecule has 0 bridgehead atoms. The van der Waals surface area contributed by atoms with E-state index < -0.39 is 27.5 Å². The molecule has 0 aromatic carbocycles. The van der Waals surface area contributed by atoms with Gasteiger partial charge in [-0.3, -0.25) is 4.79 Å². The van der Waals surface area contributed by atoms with E-state index in [4.69, 9.17) is 5.11 Å². The largest absolute Gasteiger partial charge is 0.511 e. The first-order chi connectivity index (χ1) is 6.97. The third kappa shape index (κ3) is 4.35. The van der Waals surface area contributed by atoms with Crippen molar-refractivity contribution in [2.75, 3.05) is 0 Å². The molecule has 0 aliphatic carbocycles. The zero-order valence-electron chi connectivity index (χ0n) is 8.58. The number of sulfonamides is 1. The van der Waals surface area contributed by atoms with Gasteiger partial charge in [0.2, 0.25) is 0 Å². The zero-order valence-corrected chi connectivity index (χ0v) is 9.39. The van der Waals surface area contributed by atoms with Crippen LogP contribution in [-0.4, -0.2) is 31.0 Å². The molecule has 16 heavy (non-hydrogen) atoms. The fourth-order valence-electron chi connectivity index (χ4n) is 0.925. The van der Waals surface area contributed by atoms with Crippen LogP contribution in [0.5, 0.6) is 0 Å². The van der Waals surface area contributed by atoms with Crippen LogP contribution in [-0.2, 0) is 14.8 Å². The molecule has 0 amide bonds. The van der Waals surface area contributed by atoms with Gasteiger partial charge in [-0.15, -0.1) is 0 Å². The van der Waals surface area contributed by atoms with E-state index in [1.807, 2.05) is 0 Å². The van der Waals surface area contributed by atoms with E-state index in [1.54, 1.807) is 13.8 Å². The lowest BCUT2D eigenvalue weighted by atomic mass is 10.1. The molecule has 0 saturated heterocycles. The van der Waals surface area contributed by atoms with E-state index in [0.717, 1.165) is 4.72 Å². The van der Waals surface area contributed by atoms with Crippen molar-refractivity contribution in [2.45, 2.75) is 31.8 Å². The predicted molar refractivity (Wildman–Crippen MR) is 49.0 cm³/mol. The number of rotatable bonds is 5. The molecule has 0 aromatic heterocycles. The Bertz CT molecular complexity index is 349. The molecule has 0 saturated carbocycles. The van der Waals surface area contributed by atoms with Crippen molar-refractivity contribution >= 4 is 16.0 Å². The molecular formula is C7H12F3NO4S. The van der Waals surface area contributed by atoms with Crippen molar-refractivity contribution in [1.82, 2.24) is 4.72 Å². The van der Waals surface area contributed by atoms with Crippen molar-refractivity contribution in [2.24, 2.45) is 5.92 Å². The first kappa shape index (κ1) is 15.2. The summed E-state index contributed by atoms with van der Waals surface area (Å²) >= 11 is 0. The topological polar surface area (TPSA) is 83.5 Å². The second-order valence-corrected chi connectivity index (χ2v) is 5.29. The molecule has 0 fully saturated rings. The lowest BCUT2D eigenvalue weighted by molar-refractivity contribution is -0.139. The Morgan fingerprint density at radius 3 is 2.06 bits per heavy atom. The summed E-state index contributed by atoms with van der Waals surface area (Å²) in [6.45, 7) is 3.13. The van der Waals surface area contributed by atoms with E-state index >= 15 is 0 Å². The molecule has 2 N–H and O–H groups in total. The average Bonchev–Trinajstić information content (AvgIpc) is 1.98. The summed E-state index contributed by atoms with van der Waals surface area (Å²) in [5, 5.41) is 8.56. The zero-order chi connectivity index (χ0) is 13.1. The molecular weight excluding hydrogens is 251 g/mol. The van der Waals surface area contributed by atoms with Crippen LogP contribution < -0.4 is 4.72 Å². The fraction of sp³-hybridized carbons (Fsp3) is 0.857. The van der Waals surface area contributed by atoms with Gasteiger partial charge in [0.1, 0.15) is 6.04 Å². The van der Waals surface area contributed by atoms with Crippen LogP contribution >= 0.6 is 0 Å². The van der Waals surface area contributed by atoms with Gasteiger partial charge in [-0.05, 0) is 12.3 Å². The Labute approximate surface area is 90.7 Å². The summed E-state index contributed by atoms with van der Waals surface area (Å²) in [6, 6.07) is -1.77. The van der Waals surface area contributed by atoms with E-state index in [-0.39, 0.29) is 12.3 Å². The number of nitrogens with one attached hydrogen (secondary N) is 1. The number of carboxylic acid groups (broad SMARTS) is 1. The molecule has 5 nitrogen and oxygen atoms in total. The van der Waals surface area contributed by atoms with Gasteiger partial charge in [-0.1, -0.05) is 13.8 Å². The smallest absolute Gasteiger partial charge is 0.480 e. The van der Waals surface area contributed by atoms with Gasteiger partial charge in [0, 0.05) is 0 Å². The van der Waals surface area contributed by atoms with Crippen LogP contribution in [0.25, 0.3) is 0 Å². The van der Waals surface area contributed by atoms with Crippen molar-refractivity contribution in [3.63, 3.8) is 0 Å². The Morgan fingerprint density at radius 1 is 1.38 bits per heavy atom. The van der Waals surface area contributed by atoms with E-state index in [1.165, 1.54) is 0 Å². The second-order valence-electron chi connectivity index (χ2n) is 3.59. The van der Waals surface area contributed by atoms with Gasteiger partial charge in [0.05, 0.1) is 0 Å². The molecule has 96 valence electrons. The van der Waals surface area contributed by atoms with Crippen molar-refractivity contribution in [3.05, 3.63) is 0 Å². The molecule has 0 spiro atoms. The minimum atomic E-state index is -5.62. The normalized spacial score (nSPS) is 15.1. The number of aliphatic carboxylic acids is 1. The molecule has 1 atom stereocenters.